The van der Waals surface area contributed by atoms with Gasteiger partial charge in [0.2, 0.25) is 0 Å². The van der Waals surface area contributed by atoms with Crippen molar-refractivity contribution in [2.45, 2.75) is 139 Å². The Balaban J connectivity index is 1.14. The van der Waals surface area contributed by atoms with Gasteiger partial charge in [-0.2, -0.15) is 0 Å². The zero-order chi connectivity index (χ0) is 38.5. The fourth-order valence-electron chi connectivity index (χ4n) is 12.4. The summed E-state index contributed by atoms with van der Waals surface area (Å²) in [6.45, 7) is 0.331. The Morgan fingerprint density at radius 2 is 1.65 bits per heavy atom. The predicted molar refractivity (Wildman–Crippen MR) is 208 cm³/mol. The Kier molecular flexibility index (Phi) is 12.3. The molecule has 55 heavy (non-hydrogen) atoms. The SMILES string of the molecule is O=C1C2CCCC3O[C@@H]4O[C@H](CO)[C@@H](O)[C@](O)(CC5(CCCC5)C5CCNC(C5)NCSSC[C@@]5(C(=O)C32)C(O)=CC(CC2CCCC(CO)C2)=C[C@@H]15)[C@H]4O. The van der Waals surface area contributed by atoms with E-state index in [1.54, 1.807) is 16.9 Å². The topological polar surface area (TPSA) is 198 Å². The summed E-state index contributed by atoms with van der Waals surface area (Å²) in [5.74, 6) is -1.27. The standard InChI is InChI=1S/C41H62N2O10S2/c44-18-24-6-3-5-23(13-24)14-25-15-28-34(47)27-7-4-8-29-33(27)36(49)40(28,31(46)16-25)21-54-55-22-43-32-17-26(9-12-42-32)39(10-1-2-11-39)20-41(51)35(48)30(19-45)53-38(52-29)37(41)50/h15-16,23-24,26-30,32-33,35,37-38,42-46,48,50-51H,1-14,17-22H2/t23?,24?,26?,27?,28-,29?,30+,32?,33?,35+,37-,38+,40-,41+/m0/s1. The van der Waals surface area contributed by atoms with Crippen LogP contribution in [0.15, 0.2) is 23.5 Å². The minimum Gasteiger partial charge on any atom is -0.511 e. The third-order valence-corrected chi connectivity index (χ3v) is 17.5. The van der Waals surface area contributed by atoms with Gasteiger partial charge in [-0.05, 0) is 106 Å². The highest BCUT2D eigenvalue weighted by molar-refractivity contribution is 8.76. The van der Waals surface area contributed by atoms with E-state index in [4.69, 9.17) is 9.47 Å². The van der Waals surface area contributed by atoms with Crippen molar-refractivity contribution in [1.29, 1.82) is 0 Å². The van der Waals surface area contributed by atoms with Gasteiger partial charge in [0, 0.05) is 18.3 Å². The van der Waals surface area contributed by atoms with Gasteiger partial charge in [0.05, 0.1) is 36.6 Å². The first-order chi connectivity index (χ1) is 26.5. The smallest absolute Gasteiger partial charge is 0.187 e. The van der Waals surface area contributed by atoms with E-state index in [1.165, 1.54) is 10.8 Å². The molecule has 12 nitrogen and oxygen atoms in total. The zero-order valence-corrected chi connectivity index (χ0v) is 33.5. The average molecular weight is 807 g/mol. The molecule has 5 aliphatic carbocycles. The maximum absolute atomic E-state index is 15.3. The Labute approximate surface area is 332 Å². The summed E-state index contributed by atoms with van der Waals surface area (Å²) < 4.78 is 12.6. The van der Waals surface area contributed by atoms with Crippen LogP contribution in [0.25, 0.3) is 0 Å². The van der Waals surface area contributed by atoms with E-state index in [0.717, 1.165) is 76.3 Å². The summed E-state index contributed by atoms with van der Waals surface area (Å²) in [7, 11) is 3.06. The van der Waals surface area contributed by atoms with Crippen molar-refractivity contribution in [3.63, 3.8) is 0 Å². The van der Waals surface area contributed by atoms with E-state index in [2.05, 4.69) is 10.6 Å². The van der Waals surface area contributed by atoms with Crippen LogP contribution in [0.2, 0.25) is 0 Å². The molecule has 3 aliphatic heterocycles. The van der Waals surface area contributed by atoms with Crippen molar-refractivity contribution >= 4 is 33.2 Å². The average Bonchev–Trinajstić information content (AvgIpc) is 3.67. The highest BCUT2D eigenvalue weighted by Crippen LogP contribution is 2.58. The molecule has 8 aliphatic rings. The van der Waals surface area contributed by atoms with Gasteiger partial charge in [-0.25, -0.2) is 0 Å². The number of ether oxygens (including phenoxy) is 2. The van der Waals surface area contributed by atoms with Gasteiger partial charge in [0.25, 0.3) is 0 Å². The third kappa shape index (κ3) is 7.33. The van der Waals surface area contributed by atoms with E-state index >= 15 is 4.79 Å². The second-order valence-electron chi connectivity index (χ2n) is 18.3. The van der Waals surface area contributed by atoms with E-state index in [1.807, 2.05) is 6.08 Å². The number of hydrogen-bond donors (Lipinski definition) is 8. The number of rotatable bonds is 4. The number of piperidine rings is 1. The van der Waals surface area contributed by atoms with Crippen molar-refractivity contribution in [1.82, 2.24) is 10.6 Å². The lowest BCUT2D eigenvalue weighted by Crippen LogP contribution is -2.70. The lowest BCUT2D eigenvalue weighted by molar-refractivity contribution is -0.350. The molecule has 6 bridgehead atoms. The highest BCUT2D eigenvalue weighted by atomic mass is 33.1. The summed E-state index contributed by atoms with van der Waals surface area (Å²) in [6.07, 6.45) is 8.49. The summed E-state index contributed by atoms with van der Waals surface area (Å²) in [6, 6.07) is 0. The molecule has 0 radical (unpaired) electrons. The van der Waals surface area contributed by atoms with Crippen molar-refractivity contribution in [2.75, 3.05) is 31.4 Å². The lowest BCUT2D eigenvalue weighted by Gasteiger charge is -2.55. The molecular formula is C41H62N2O10S2. The molecule has 0 aromatic heterocycles. The highest BCUT2D eigenvalue weighted by Gasteiger charge is 2.65. The van der Waals surface area contributed by atoms with Crippen LogP contribution in [0.1, 0.15) is 96.3 Å². The van der Waals surface area contributed by atoms with E-state index in [0.29, 0.717) is 37.5 Å². The van der Waals surface area contributed by atoms with E-state index in [-0.39, 0.29) is 59.5 Å². The van der Waals surface area contributed by atoms with E-state index in [9.17, 15) is 35.4 Å². The minimum atomic E-state index is -2.06. The first-order valence-corrected chi connectivity index (χ1v) is 23.5. The van der Waals surface area contributed by atoms with Crippen LogP contribution in [0.5, 0.6) is 0 Å². The number of hydrogen-bond acceptors (Lipinski definition) is 14. The van der Waals surface area contributed by atoms with Gasteiger partial charge in [-0.15, -0.1) is 0 Å². The molecule has 4 saturated carbocycles. The van der Waals surface area contributed by atoms with Crippen molar-refractivity contribution in [3.8, 4) is 0 Å². The maximum atomic E-state index is 15.3. The molecule has 0 aromatic carbocycles. The Morgan fingerprint density at radius 3 is 2.44 bits per heavy atom. The Hall–Kier alpha value is -1.04. The molecular weight excluding hydrogens is 745 g/mol. The number of aliphatic hydroxyl groups is 6. The first kappa shape index (κ1) is 40.7. The van der Waals surface area contributed by atoms with Gasteiger partial charge in [-0.3, -0.25) is 14.9 Å². The number of nitrogens with one attached hydrogen (secondary N) is 2. The molecule has 3 heterocycles. The lowest BCUT2D eigenvalue weighted by atomic mass is 9.52. The number of carbonyl (C=O) groups is 2. The third-order valence-electron chi connectivity index (χ3n) is 15.3. The van der Waals surface area contributed by atoms with Crippen LogP contribution >= 0.6 is 21.6 Å². The molecule has 14 heteroatoms. The van der Waals surface area contributed by atoms with Crippen LogP contribution in [0.4, 0.5) is 0 Å². The van der Waals surface area contributed by atoms with Gasteiger partial charge in [-0.1, -0.05) is 59.8 Å². The number of aliphatic hydroxyl groups excluding tert-OH is 5. The number of Topliss-reactive ketones (excluding diaryl/α,β-unsaturated/α-hetero) is 2. The summed E-state index contributed by atoms with van der Waals surface area (Å²) in [5, 5.41) is 75.8. The monoisotopic (exact) mass is 806 g/mol. The van der Waals surface area contributed by atoms with Gasteiger partial charge >= 0.3 is 0 Å². The molecule has 0 aromatic rings. The zero-order valence-electron chi connectivity index (χ0n) is 31.9. The fourth-order valence-corrected chi connectivity index (χ4v) is 14.8. The number of allylic oxidation sites excluding steroid dienone is 4. The molecule has 8 N–H and O–H groups in total. The minimum absolute atomic E-state index is 0.00472. The molecule has 2 spiro atoms. The molecule has 14 atom stereocenters. The summed E-state index contributed by atoms with van der Waals surface area (Å²) in [4.78, 5) is 30.1. The largest absolute Gasteiger partial charge is 0.511 e. The molecule has 0 amide bonds. The van der Waals surface area contributed by atoms with Crippen LogP contribution in [0, 0.1) is 46.3 Å². The van der Waals surface area contributed by atoms with Crippen molar-refractivity contribution in [3.05, 3.63) is 23.5 Å². The normalized spacial score (nSPS) is 46.6. The Bertz CT molecular complexity index is 1490. The Morgan fingerprint density at radius 1 is 0.873 bits per heavy atom. The predicted octanol–water partition coefficient (Wildman–Crippen LogP) is 3.50. The van der Waals surface area contributed by atoms with Crippen LogP contribution in [-0.2, 0) is 19.1 Å². The molecule has 8 rings (SSSR count). The molecule has 308 valence electrons. The number of fused-ring (bicyclic) bond motifs is 5. The number of ketones is 2. The second-order valence-corrected chi connectivity index (χ2v) is 20.8. The van der Waals surface area contributed by atoms with Crippen LogP contribution in [0.3, 0.4) is 0 Å². The summed E-state index contributed by atoms with van der Waals surface area (Å²) >= 11 is 0. The van der Waals surface area contributed by atoms with Crippen LogP contribution < -0.4 is 10.6 Å². The molecule has 7 fully saturated rings. The van der Waals surface area contributed by atoms with E-state index < -0.39 is 66.1 Å². The van der Waals surface area contributed by atoms with Crippen molar-refractivity contribution < 1.29 is 49.7 Å². The first-order valence-electron chi connectivity index (χ1n) is 21.0. The fraction of sp³-hybridized carbons (Fsp3) is 0.854. The summed E-state index contributed by atoms with van der Waals surface area (Å²) in [5.41, 5.74) is -3.03. The molecule has 3 saturated heterocycles. The number of carbonyl (C=O) groups excluding carboxylic acids is 2. The van der Waals surface area contributed by atoms with Gasteiger partial charge in [0.15, 0.2) is 12.1 Å². The quantitative estimate of drug-likeness (QED) is 0.192. The molecule has 7 unspecified atom stereocenters. The van der Waals surface area contributed by atoms with Crippen LogP contribution in [-0.4, -0.2) is 116 Å². The maximum Gasteiger partial charge on any atom is 0.187 e. The van der Waals surface area contributed by atoms with Gasteiger partial charge < -0.3 is 45.4 Å². The second kappa shape index (κ2) is 16.5. The van der Waals surface area contributed by atoms with Gasteiger partial charge in [0.1, 0.15) is 40.9 Å². The van der Waals surface area contributed by atoms with Crippen molar-refractivity contribution in [2.24, 2.45) is 46.3 Å².